The highest BCUT2D eigenvalue weighted by Crippen LogP contribution is 2.33. The number of alkyl halides is 2. The lowest BCUT2D eigenvalue weighted by Crippen LogP contribution is -2.55. The summed E-state index contributed by atoms with van der Waals surface area (Å²) >= 11 is 1.39. The number of hydrogen-bond donors (Lipinski definition) is 4. The number of benzene rings is 2. The van der Waals surface area contributed by atoms with Crippen LogP contribution in [0.25, 0.3) is 0 Å². The van der Waals surface area contributed by atoms with E-state index < -0.39 is 54.8 Å². The summed E-state index contributed by atoms with van der Waals surface area (Å²) < 4.78 is 28.9. The van der Waals surface area contributed by atoms with Gasteiger partial charge in [0.15, 0.2) is 6.10 Å². The molecule has 2 heterocycles. The predicted molar refractivity (Wildman–Crippen MR) is 141 cm³/mol. The van der Waals surface area contributed by atoms with Crippen molar-refractivity contribution in [2.75, 3.05) is 6.54 Å². The van der Waals surface area contributed by atoms with E-state index in [1.54, 1.807) is 49.4 Å². The van der Waals surface area contributed by atoms with Crippen LogP contribution in [0.15, 0.2) is 66.0 Å². The number of aromatic hydroxyl groups is 1. The zero-order valence-corrected chi connectivity index (χ0v) is 22.0. The zero-order chi connectivity index (χ0) is 28.2. The number of halogens is 2. The molecular weight excluding hydrogens is 528 g/mol. The average Bonchev–Trinajstić information content (AvgIpc) is 3.55. The number of likely N-dealkylation sites (tertiary alicyclic amines) is 1. The van der Waals surface area contributed by atoms with Crippen LogP contribution in [-0.4, -0.2) is 63.5 Å². The molecule has 0 spiro atoms. The van der Waals surface area contributed by atoms with Crippen molar-refractivity contribution < 1.29 is 33.4 Å². The summed E-state index contributed by atoms with van der Waals surface area (Å²) in [7, 11) is 0. The Kier molecular flexibility index (Phi) is 8.61. The van der Waals surface area contributed by atoms with E-state index in [1.807, 2.05) is 5.38 Å². The van der Waals surface area contributed by atoms with Gasteiger partial charge < -0.3 is 25.7 Å². The second-order valence-electron chi connectivity index (χ2n) is 9.50. The van der Waals surface area contributed by atoms with E-state index in [1.165, 1.54) is 29.5 Å². The Labute approximate surface area is 228 Å². The van der Waals surface area contributed by atoms with Crippen LogP contribution in [0.4, 0.5) is 8.78 Å². The molecule has 2 aromatic carbocycles. The van der Waals surface area contributed by atoms with E-state index in [2.05, 4.69) is 10.6 Å². The van der Waals surface area contributed by atoms with Gasteiger partial charge in [-0.1, -0.05) is 42.5 Å². The van der Waals surface area contributed by atoms with E-state index in [4.69, 9.17) is 0 Å². The molecule has 3 aromatic rings. The first kappa shape index (κ1) is 28.2. The molecule has 8 nitrogen and oxygen atoms in total. The van der Waals surface area contributed by atoms with Crippen LogP contribution in [0.1, 0.15) is 32.8 Å². The van der Waals surface area contributed by atoms with Crippen molar-refractivity contribution in [2.45, 2.75) is 50.4 Å². The van der Waals surface area contributed by atoms with E-state index in [0.717, 1.165) is 4.88 Å². The van der Waals surface area contributed by atoms with Crippen molar-refractivity contribution >= 4 is 29.1 Å². The molecular formula is C28H29F2N3O5S. The van der Waals surface area contributed by atoms with Crippen molar-refractivity contribution in [3.63, 3.8) is 0 Å². The summed E-state index contributed by atoms with van der Waals surface area (Å²) in [6.07, 6.45) is -2.79. The van der Waals surface area contributed by atoms with Crippen LogP contribution in [0.3, 0.4) is 0 Å². The van der Waals surface area contributed by atoms with Crippen molar-refractivity contribution in [2.24, 2.45) is 0 Å². The summed E-state index contributed by atoms with van der Waals surface area (Å²) in [4.78, 5) is 40.9. The van der Waals surface area contributed by atoms with E-state index in [-0.39, 0.29) is 24.3 Å². The second-order valence-corrected chi connectivity index (χ2v) is 10.5. The summed E-state index contributed by atoms with van der Waals surface area (Å²) in [5.41, 5.74) is 1.11. The number of thiophene rings is 1. The first-order chi connectivity index (χ1) is 18.6. The minimum absolute atomic E-state index is 0.0107. The van der Waals surface area contributed by atoms with Gasteiger partial charge in [-0.05, 0) is 42.5 Å². The highest BCUT2D eigenvalue weighted by atomic mass is 32.1. The average molecular weight is 558 g/mol. The third kappa shape index (κ3) is 6.79. The number of aliphatic hydroxyl groups excluding tert-OH is 1. The SMILES string of the molecule is Cc1c(O)cccc1C(=O)NC(Cc1ccccc1)C(O)C(=O)N1CC(F)(F)CC1C(=O)NCc1cccs1. The number of phenols is 1. The minimum atomic E-state index is -3.32. The van der Waals surface area contributed by atoms with Crippen LogP contribution in [-0.2, 0) is 22.6 Å². The maximum Gasteiger partial charge on any atom is 0.267 e. The monoisotopic (exact) mass is 557 g/mol. The largest absolute Gasteiger partial charge is 0.508 e. The fourth-order valence-corrected chi connectivity index (χ4v) is 5.20. The van der Waals surface area contributed by atoms with Crippen molar-refractivity contribution in [1.82, 2.24) is 15.5 Å². The molecule has 3 atom stereocenters. The lowest BCUT2D eigenvalue weighted by molar-refractivity contribution is -0.147. The molecule has 0 aliphatic carbocycles. The fraction of sp³-hybridized carbons (Fsp3) is 0.321. The number of nitrogens with zero attached hydrogens (tertiary/aromatic N) is 1. The predicted octanol–water partition coefficient (Wildman–Crippen LogP) is 3.02. The third-order valence-corrected chi connectivity index (χ3v) is 7.55. The summed E-state index contributed by atoms with van der Waals surface area (Å²) in [5, 5.41) is 28.2. The van der Waals surface area contributed by atoms with Gasteiger partial charge in [0.2, 0.25) is 5.91 Å². The number of aliphatic hydroxyl groups is 1. The molecule has 1 fully saturated rings. The zero-order valence-electron chi connectivity index (χ0n) is 21.1. The van der Waals surface area contributed by atoms with E-state index in [9.17, 15) is 33.4 Å². The molecule has 0 bridgehead atoms. The van der Waals surface area contributed by atoms with Gasteiger partial charge in [-0.2, -0.15) is 0 Å². The second kappa shape index (κ2) is 11.9. The number of phenolic OH excluding ortho intramolecular Hbond substituents is 1. The maximum absolute atomic E-state index is 14.5. The van der Waals surface area contributed by atoms with Gasteiger partial charge in [0.25, 0.3) is 17.7 Å². The van der Waals surface area contributed by atoms with Crippen molar-refractivity contribution in [3.05, 3.63) is 87.6 Å². The number of nitrogens with one attached hydrogen (secondary N) is 2. The van der Waals surface area contributed by atoms with Gasteiger partial charge in [0.1, 0.15) is 11.8 Å². The van der Waals surface area contributed by atoms with Gasteiger partial charge in [0, 0.05) is 22.4 Å². The van der Waals surface area contributed by atoms with Crippen LogP contribution in [0.2, 0.25) is 0 Å². The molecule has 1 saturated heterocycles. The Morgan fingerprint density at radius 1 is 1.10 bits per heavy atom. The van der Waals surface area contributed by atoms with Gasteiger partial charge in [-0.15, -0.1) is 11.3 Å². The smallest absolute Gasteiger partial charge is 0.267 e. The van der Waals surface area contributed by atoms with E-state index in [0.29, 0.717) is 16.0 Å². The Morgan fingerprint density at radius 3 is 2.54 bits per heavy atom. The molecule has 206 valence electrons. The van der Waals surface area contributed by atoms with Gasteiger partial charge in [-0.25, -0.2) is 8.78 Å². The highest BCUT2D eigenvalue weighted by molar-refractivity contribution is 7.09. The lowest BCUT2D eigenvalue weighted by atomic mass is 9.98. The summed E-state index contributed by atoms with van der Waals surface area (Å²) in [6.45, 7) is 0.639. The number of hydrogen-bond acceptors (Lipinski definition) is 6. The van der Waals surface area contributed by atoms with Crippen LogP contribution < -0.4 is 10.6 Å². The molecule has 1 aliphatic heterocycles. The number of amides is 3. The normalized spacial score (nSPS) is 17.8. The molecule has 11 heteroatoms. The summed E-state index contributed by atoms with van der Waals surface area (Å²) in [5.74, 6) is -5.92. The van der Waals surface area contributed by atoms with Gasteiger partial charge in [-0.3, -0.25) is 14.4 Å². The minimum Gasteiger partial charge on any atom is -0.508 e. The molecule has 4 N–H and O–H groups in total. The van der Waals surface area contributed by atoms with Gasteiger partial charge >= 0.3 is 0 Å². The fourth-order valence-electron chi connectivity index (χ4n) is 4.56. The lowest BCUT2D eigenvalue weighted by Gasteiger charge is -2.30. The van der Waals surface area contributed by atoms with Crippen molar-refractivity contribution in [1.29, 1.82) is 0 Å². The van der Waals surface area contributed by atoms with Gasteiger partial charge in [0.05, 0.1) is 19.1 Å². The standard InChI is InChI=1S/C28H29F2N3O5S/c1-17-20(10-5-11-23(17)34)25(36)32-21(13-18-7-3-2-4-8-18)24(35)27(38)33-16-28(29,30)14-22(33)26(37)31-15-19-9-6-12-39-19/h2-12,21-22,24,34-35H,13-16H2,1H3,(H,31,37)(H,32,36). The molecule has 0 saturated carbocycles. The Morgan fingerprint density at radius 2 is 1.85 bits per heavy atom. The Balaban J connectivity index is 1.55. The maximum atomic E-state index is 14.5. The molecule has 1 aromatic heterocycles. The van der Waals surface area contributed by atoms with Crippen LogP contribution in [0, 0.1) is 6.92 Å². The van der Waals surface area contributed by atoms with Crippen LogP contribution >= 0.6 is 11.3 Å². The van der Waals surface area contributed by atoms with Crippen LogP contribution in [0.5, 0.6) is 5.75 Å². The number of rotatable bonds is 9. The topological polar surface area (TPSA) is 119 Å². The molecule has 3 unspecified atom stereocenters. The quantitative estimate of drug-likeness (QED) is 0.323. The molecule has 39 heavy (non-hydrogen) atoms. The first-order valence-corrected chi connectivity index (χ1v) is 13.2. The highest BCUT2D eigenvalue weighted by Gasteiger charge is 2.51. The molecule has 1 aliphatic rings. The first-order valence-electron chi connectivity index (χ1n) is 12.4. The number of carbonyl (C=O) groups is 3. The van der Waals surface area contributed by atoms with Crippen molar-refractivity contribution in [3.8, 4) is 5.75 Å². The third-order valence-electron chi connectivity index (χ3n) is 6.67. The molecule has 0 radical (unpaired) electrons. The Bertz CT molecular complexity index is 1320. The molecule has 3 amide bonds. The molecule has 4 rings (SSSR count). The Hall–Kier alpha value is -3.83. The van der Waals surface area contributed by atoms with E-state index >= 15 is 0 Å². The summed E-state index contributed by atoms with van der Waals surface area (Å²) in [6, 6.07) is 14.0. The number of carbonyl (C=O) groups excluding carboxylic acids is 3.